The predicted molar refractivity (Wildman–Crippen MR) is 48.1 cm³/mol. The van der Waals surface area contributed by atoms with Crippen molar-refractivity contribution in [3.8, 4) is 0 Å². The Kier molecular flexibility index (Phi) is 2.97. The Labute approximate surface area is 70.6 Å². The van der Waals surface area contributed by atoms with Crippen molar-refractivity contribution in [2.24, 2.45) is 0 Å². The van der Waals surface area contributed by atoms with E-state index >= 15 is 0 Å². The fourth-order valence-electron chi connectivity index (χ4n) is 0.967. The van der Waals surface area contributed by atoms with Crippen molar-refractivity contribution in [1.29, 1.82) is 0 Å². The van der Waals surface area contributed by atoms with Crippen LogP contribution in [0.2, 0.25) is 0 Å². The lowest BCUT2D eigenvalue weighted by atomic mass is 10.2. The van der Waals surface area contributed by atoms with Crippen LogP contribution >= 0.6 is 0 Å². The summed E-state index contributed by atoms with van der Waals surface area (Å²) in [5, 5.41) is 0. The Morgan fingerprint density at radius 3 is 2.55 bits per heavy atom. The van der Waals surface area contributed by atoms with Crippen LogP contribution < -0.4 is 0 Å². The van der Waals surface area contributed by atoms with Crippen molar-refractivity contribution < 1.29 is 4.55 Å². The van der Waals surface area contributed by atoms with Gasteiger partial charge in [-0.15, -0.1) is 0 Å². The van der Waals surface area contributed by atoms with E-state index < -0.39 is 11.2 Å². The molecule has 0 amide bonds. The molecule has 0 fully saturated rings. The molecule has 2 heteroatoms. The lowest BCUT2D eigenvalue weighted by Crippen LogP contribution is -2.05. The van der Waals surface area contributed by atoms with Crippen LogP contribution in [0.5, 0.6) is 0 Å². The zero-order valence-electron chi connectivity index (χ0n) is 6.83. The first kappa shape index (κ1) is 8.62. The first-order valence-corrected chi connectivity index (χ1v) is 5.01. The van der Waals surface area contributed by atoms with Gasteiger partial charge in [-0.2, -0.15) is 0 Å². The molecule has 1 aromatic carbocycles. The van der Waals surface area contributed by atoms with Crippen LogP contribution in [-0.4, -0.2) is 10.3 Å². The molecule has 1 unspecified atom stereocenters. The minimum Gasteiger partial charge on any atom is -0.611 e. The van der Waals surface area contributed by atoms with Gasteiger partial charge in [0.25, 0.3) is 0 Å². The average Bonchev–Trinajstić information content (AvgIpc) is 2.04. The van der Waals surface area contributed by atoms with E-state index in [9.17, 15) is 4.55 Å². The molecule has 1 aromatic rings. The third-order valence-electron chi connectivity index (χ3n) is 1.60. The molecule has 0 radical (unpaired) electrons. The van der Waals surface area contributed by atoms with Gasteiger partial charge in [-0.25, -0.2) is 0 Å². The van der Waals surface area contributed by atoms with Crippen LogP contribution in [0.1, 0.15) is 12.5 Å². The third-order valence-corrected chi connectivity index (χ3v) is 3.07. The van der Waals surface area contributed by atoms with Crippen molar-refractivity contribution in [1.82, 2.24) is 0 Å². The topological polar surface area (TPSA) is 23.1 Å². The van der Waals surface area contributed by atoms with Crippen LogP contribution in [0.4, 0.5) is 0 Å². The molecular weight excluding hydrogens is 156 g/mol. The van der Waals surface area contributed by atoms with Crippen LogP contribution in [0.3, 0.4) is 0 Å². The second kappa shape index (κ2) is 3.79. The second-order valence-electron chi connectivity index (χ2n) is 2.40. The standard InChI is InChI=1S/C9H12OS/c1-3-11(10)9-7-5-4-6-8(9)2/h4-7H,3H2,1-2H3. The number of hydrogen-bond donors (Lipinski definition) is 0. The quantitative estimate of drug-likeness (QED) is 0.620. The highest BCUT2D eigenvalue weighted by Crippen LogP contribution is 2.14. The van der Waals surface area contributed by atoms with Gasteiger partial charge in [0.2, 0.25) is 0 Å². The maximum Gasteiger partial charge on any atom is 0.155 e. The lowest BCUT2D eigenvalue weighted by molar-refractivity contribution is 0.595. The van der Waals surface area contributed by atoms with Gasteiger partial charge >= 0.3 is 0 Å². The van der Waals surface area contributed by atoms with Crippen molar-refractivity contribution in [3.05, 3.63) is 29.8 Å². The van der Waals surface area contributed by atoms with Gasteiger partial charge in [0.1, 0.15) is 5.75 Å². The molecule has 0 aromatic heterocycles. The Morgan fingerprint density at radius 2 is 2.00 bits per heavy atom. The first-order chi connectivity index (χ1) is 5.25. The molecule has 1 nitrogen and oxygen atoms in total. The molecule has 60 valence electrons. The SMILES string of the molecule is CC[S+]([O-])c1ccccc1C. The van der Waals surface area contributed by atoms with Crippen LogP contribution in [0.15, 0.2) is 29.2 Å². The fourth-order valence-corrected chi connectivity index (χ4v) is 1.94. The van der Waals surface area contributed by atoms with E-state index in [-0.39, 0.29) is 0 Å². The molecule has 0 heterocycles. The number of rotatable bonds is 2. The summed E-state index contributed by atoms with van der Waals surface area (Å²) < 4.78 is 11.3. The van der Waals surface area contributed by atoms with Gasteiger partial charge in [0.15, 0.2) is 4.90 Å². The zero-order chi connectivity index (χ0) is 8.27. The molecule has 0 aliphatic heterocycles. The Morgan fingerprint density at radius 1 is 1.36 bits per heavy atom. The van der Waals surface area contributed by atoms with Crippen molar-refractivity contribution in [2.75, 3.05) is 5.75 Å². The summed E-state index contributed by atoms with van der Waals surface area (Å²) in [5.74, 6) is 0.699. The largest absolute Gasteiger partial charge is 0.611 e. The summed E-state index contributed by atoms with van der Waals surface area (Å²) in [5.41, 5.74) is 1.12. The van der Waals surface area contributed by atoms with Crippen molar-refractivity contribution in [3.63, 3.8) is 0 Å². The van der Waals surface area contributed by atoms with E-state index in [2.05, 4.69) is 0 Å². The lowest BCUT2D eigenvalue weighted by Gasteiger charge is -2.09. The molecular formula is C9H12OS. The van der Waals surface area contributed by atoms with E-state index in [1.807, 2.05) is 38.1 Å². The van der Waals surface area contributed by atoms with Crippen molar-refractivity contribution >= 4 is 11.2 Å². The van der Waals surface area contributed by atoms with Gasteiger partial charge in [-0.1, -0.05) is 18.2 Å². The first-order valence-electron chi connectivity index (χ1n) is 3.69. The number of aryl methyl sites for hydroxylation is 1. The minimum absolute atomic E-state index is 0.699. The summed E-state index contributed by atoms with van der Waals surface area (Å²) in [6.45, 7) is 3.92. The molecule has 0 bridgehead atoms. The summed E-state index contributed by atoms with van der Waals surface area (Å²) >= 11 is -0.802. The highest BCUT2D eigenvalue weighted by Gasteiger charge is 2.09. The third kappa shape index (κ3) is 1.98. The maximum atomic E-state index is 11.3. The van der Waals surface area contributed by atoms with Gasteiger partial charge in [0, 0.05) is 5.56 Å². The van der Waals surface area contributed by atoms with Crippen molar-refractivity contribution in [2.45, 2.75) is 18.7 Å². The maximum absolute atomic E-state index is 11.3. The fraction of sp³-hybridized carbons (Fsp3) is 0.333. The highest BCUT2D eigenvalue weighted by molar-refractivity contribution is 7.91. The monoisotopic (exact) mass is 168 g/mol. The average molecular weight is 168 g/mol. The minimum atomic E-state index is -0.802. The summed E-state index contributed by atoms with van der Waals surface area (Å²) in [6, 6.07) is 7.80. The van der Waals surface area contributed by atoms with E-state index in [0.29, 0.717) is 5.75 Å². The van der Waals surface area contributed by atoms with Crippen LogP contribution in [0.25, 0.3) is 0 Å². The van der Waals surface area contributed by atoms with Gasteiger partial charge in [-0.3, -0.25) is 0 Å². The van der Waals surface area contributed by atoms with E-state index in [0.717, 1.165) is 10.5 Å². The molecule has 11 heavy (non-hydrogen) atoms. The number of benzene rings is 1. The molecule has 0 aliphatic rings. The molecule has 0 spiro atoms. The zero-order valence-corrected chi connectivity index (χ0v) is 7.65. The molecule has 1 rings (SSSR count). The summed E-state index contributed by atoms with van der Waals surface area (Å²) in [4.78, 5) is 0.968. The van der Waals surface area contributed by atoms with E-state index in [4.69, 9.17) is 0 Å². The van der Waals surface area contributed by atoms with Crippen LogP contribution in [0, 0.1) is 6.92 Å². The van der Waals surface area contributed by atoms with Gasteiger partial charge < -0.3 is 4.55 Å². The molecule has 1 atom stereocenters. The van der Waals surface area contributed by atoms with Gasteiger partial charge in [-0.05, 0) is 31.1 Å². The predicted octanol–water partition coefficient (Wildman–Crippen LogP) is 2.12. The normalized spacial score (nSPS) is 13.0. The molecule has 0 saturated carbocycles. The summed E-state index contributed by atoms with van der Waals surface area (Å²) in [6.07, 6.45) is 0. The van der Waals surface area contributed by atoms with E-state index in [1.165, 1.54) is 0 Å². The Hall–Kier alpha value is -0.470. The number of hydrogen-bond acceptors (Lipinski definition) is 1. The Bertz CT molecular complexity index is 235. The molecule has 0 saturated heterocycles. The smallest absolute Gasteiger partial charge is 0.155 e. The van der Waals surface area contributed by atoms with Gasteiger partial charge in [0.05, 0.1) is 0 Å². The summed E-state index contributed by atoms with van der Waals surface area (Å²) in [7, 11) is 0. The second-order valence-corrected chi connectivity index (χ2v) is 4.11. The van der Waals surface area contributed by atoms with E-state index in [1.54, 1.807) is 0 Å². The van der Waals surface area contributed by atoms with Crippen LogP contribution in [-0.2, 0) is 11.2 Å². The molecule has 0 N–H and O–H groups in total. The Balaban J connectivity index is 2.93. The molecule has 0 aliphatic carbocycles. The highest BCUT2D eigenvalue weighted by atomic mass is 32.2.